The molecule has 2 rings (SSSR count). The standard InChI is InChI=1S/C28H41NO4Si/c1-20(2)34(21(3)4,22(5)6)33-19-26(23-13-9-8-10-14-23)29-27(30)17-24-15-11-12-16-25(24)18-28(31)32-7/h8-16,20-22,26H,17-19H2,1-7H3,(H,29,30)/t26-/m1/s1. The van der Waals surface area contributed by atoms with Crippen LogP contribution < -0.4 is 5.32 Å². The molecule has 0 radical (unpaired) electrons. The van der Waals surface area contributed by atoms with Crippen LogP contribution >= 0.6 is 0 Å². The maximum Gasteiger partial charge on any atom is 0.309 e. The van der Waals surface area contributed by atoms with E-state index in [4.69, 9.17) is 9.16 Å². The molecule has 34 heavy (non-hydrogen) atoms. The van der Waals surface area contributed by atoms with Crippen molar-refractivity contribution in [2.75, 3.05) is 13.7 Å². The van der Waals surface area contributed by atoms with Gasteiger partial charge in [0.15, 0.2) is 8.32 Å². The molecule has 0 spiro atoms. The van der Waals surface area contributed by atoms with Gasteiger partial charge in [-0.15, -0.1) is 0 Å². The minimum Gasteiger partial charge on any atom is -0.469 e. The molecule has 6 heteroatoms. The van der Waals surface area contributed by atoms with Crippen LogP contribution in [0.25, 0.3) is 0 Å². The fourth-order valence-corrected chi connectivity index (χ4v) is 10.6. The highest BCUT2D eigenvalue weighted by atomic mass is 28.4. The first kappa shape index (κ1) is 27.8. The van der Waals surface area contributed by atoms with Gasteiger partial charge in [0.1, 0.15) is 0 Å². The zero-order valence-corrected chi connectivity index (χ0v) is 22.8. The summed E-state index contributed by atoms with van der Waals surface area (Å²) in [5.41, 5.74) is 4.05. The van der Waals surface area contributed by atoms with Gasteiger partial charge >= 0.3 is 5.97 Å². The van der Waals surface area contributed by atoms with Gasteiger partial charge in [-0.3, -0.25) is 9.59 Å². The Balaban J connectivity index is 2.23. The lowest BCUT2D eigenvalue weighted by Crippen LogP contribution is -2.49. The van der Waals surface area contributed by atoms with Gasteiger partial charge in [0, 0.05) is 0 Å². The highest BCUT2D eigenvalue weighted by molar-refractivity contribution is 6.77. The van der Waals surface area contributed by atoms with Crippen molar-refractivity contribution in [3.8, 4) is 0 Å². The Hall–Kier alpha value is -2.44. The molecule has 0 unspecified atom stereocenters. The number of ether oxygens (including phenoxy) is 1. The Kier molecular flexibility index (Phi) is 10.5. The molecule has 186 valence electrons. The van der Waals surface area contributed by atoms with Gasteiger partial charge in [-0.05, 0) is 33.3 Å². The molecule has 0 heterocycles. The third kappa shape index (κ3) is 7.03. The van der Waals surface area contributed by atoms with Gasteiger partial charge in [0.2, 0.25) is 5.91 Å². The van der Waals surface area contributed by atoms with E-state index in [1.807, 2.05) is 54.6 Å². The molecular weight excluding hydrogens is 442 g/mol. The molecule has 0 aliphatic rings. The SMILES string of the molecule is COC(=O)Cc1ccccc1CC(=O)N[C@H](CO[Si](C(C)C)(C(C)C)C(C)C)c1ccccc1. The summed E-state index contributed by atoms with van der Waals surface area (Å²) < 4.78 is 11.6. The maximum absolute atomic E-state index is 13.2. The van der Waals surface area contributed by atoms with Crippen LogP contribution in [0.15, 0.2) is 54.6 Å². The Morgan fingerprint density at radius 3 is 1.79 bits per heavy atom. The van der Waals surface area contributed by atoms with E-state index in [0.717, 1.165) is 16.7 Å². The summed E-state index contributed by atoms with van der Waals surface area (Å²) in [4.78, 5) is 24.9. The number of carbonyl (C=O) groups is 2. The fraction of sp³-hybridized carbons (Fsp3) is 0.500. The average Bonchev–Trinajstić information content (AvgIpc) is 2.79. The first-order valence-corrected chi connectivity index (χ1v) is 14.4. The molecule has 0 fully saturated rings. The van der Waals surface area contributed by atoms with Crippen LogP contribution in [0, 0.1) is 0 Å². The van der Waals surface area contributed by atoms with E-state index in [2.05, 4.69) is 46.9 Å². The first-order valence-electron chi connectivity index (χ1n) is 12.2. The van der Waals surface area contributed by atoms with Crippen molar-refractivity contribution in [2.24, 2.45) is 0 Å². The van der Waals surface area contributed by atoms with Crippen LogP contribution in [-0.2, 0) is 31.6 Å². The van der Waals surface area contributed by atoms with E-state index in [1.54, 1.807) is 0 Å². The second kappa shape index (κ2) is 12.9. The van der Waals surface area contributed by atoms with Crippen molar-refractivity contribution in [3.05, 3.63) is 71.3 Å². The number of hydrogen-bond donors (Lipinski definition) is 1. The zero-order chi connectivity index (χ0) is 25.3. The molecular formula is C28H41NO4Si. The quantitative estimate of drug-likeness (QED) is 0.297. The summed E-state index contributed by atoms with van der Waals surface area (Å²) in [5, 5.41) is 3.21. The van der Waals surface area contributed by atoms with Crippen LogP contribution in [0.4, 0.5) is 0 Å². The normalized spacial score (nSPS) is 12.8. The smallest absolute Gasteiger partial charge is 0.309 e. The predicted octanol–water partition coefficient (Wildman–Crippen LogP) is 5.99. The molecule has 0 aromatic heterocycles. The third-order valence-electron chi connectivity index (χ3n) is 6.78. The molecule has 2 aromatic carbocycles. The second-order valence-electron chi connectivity index (χ2n) is 9.86. The molecule has 1 amide bonds. The largest absolute Gasteiger partial charge is 0.469 e. The monoisotopic (exact) mass is 483 g/mol. The third-order valence-corrected chi connectivity index (χ3v) is 12.9. The van der Waals surface area contributed by atoms with Gasteiger partial charge < -0.3 is 14.5 Å². The van der Waals surface area contributed by atoms with Crippen molar-refractivity contribution in [1.82, 2.24) is 5.32 Å². The summed E-state index contributed by atoms with van der Waals surface area (Å²) in [6, 6.07) is 17.3. The van der Waals surface area contributed by atoms with Crippen LogP contribution in [0.3, 0.4) is 0 Å². The van der Waals surface area contributed by atoms with E-state index < -0.39 is 8.32 Å². The number of carbonyl (C=O) groups excluding carboxylic acids is 2. The minimum absolute atomic E-state index is 0.0966. The molecule has 0 aliphatic heterocycles. The van der Waals surface area contributed by atoms with Crippen molar-refractivity contribution in [1.29, 1.82) is 0 Å². The minimum atomic E-state index is -2.08. The molecule has 0 saturated heterocycles. The molecule has 2 aromatic rings. The van der Waals surface area contributed by atoms with Crippen molar-refractivity contribution < 1.29 is 18.8 Å². The number of benzene rings is 2. The van der Waals surface area contributed by atoms with Gasteiger partial charge in [-0.2, -0.15) is 0 Å². The molecule has 0 bridgehead atoms. The van der Waals surface area contributed by atoms with Crippen LogP contribution in [0.2, 0.25) is 16.6 Å². The highest BCUT2D eigenvalue weighted by Crippen LogP contribution is 2.42. The van der Waals surface area contributed by atoms with E-state index in [0.29, 0.717) is 23.2 Å². The van der Waals surface area contributed by atoms with Crippen molar-refractivity contribution >= 4 is 20.2 Å². The predicted molar refractivity (Wildman–Crippen MR) is 140 cm³/mol. The van der Waals surface area contributed by atoms with E-state index >= 15 is 0 Å². The van der Waals surface area contributed by atoms with Gasteiger partial charge in [0.25, 0.3) is 0 Å². The first-order chi connectivity index (χ1) is 16.1. The lowest BCUT2D eigenvalue weighted by molar-refractivity contribution is -0.139. The number of esters is 1. The molecule has 0 saturated carbocycles. The summed E-state index contributed by atoms with van der Waals surface area (Å²) in [5.74, 6) is -0.415. The zero-order valence-electron chi connectivity index (χ0n) is 21.8. The summed E-state index contributed by atoms with van der Waals surface area (Å²) >= 11 is 0. The average molecular weight is 484 g/mol. The number of methoxy groups -OCH3 is 1. The lowest BCUT2D eigenvalue weighted by atomic mass is 10.0. The van der Waals surface area contributed by atoms with Gasteiger partial charge in [-0.25, -0.2) is 0 Å². The molecule has 1 N–H and O–H groups in total. The maximum atomic E-state index is 13.2. The van der Waals surface area contributed by atoms with E-state index in [9.17, 15) is 9.59 Å². The topological polar surface area (TPSA) is 64.6 Å². The van der Waals surface area contributed by atoms with Crippen molar-refractivity contribution in [2.45, 2.75) is 77.0 Å². The Morgan fingerprint density at radius 1 is 0.794 bits per heavy atom. The molecule has 0 aliphatic carbocycles. The number of nitrogens with one attached hydrogen (secondary N) is 1. The molecule has 1 atom stereocenters. The second-order valence-corrected chi connectivity index (χ2v) is 15.3. The van der Waals surface area contributed by atoms with Gasteiger partial charge in [0.05, 0.1) is 32.6 Å². The molecule has 5 nitrogen and oxygen atoms in total. The fourth-order valence-electron chi connectivity index (χ4n) is 5.18. The van der Waals surface area contributed by atoms with Gasteiger partial charge in [-0.1, -0.05) is 96.1 Å². The van der Waals surface area contributed by atoms with Crippen LogP contribution in [-0.4, -0.2) is 33.9 Å². The van der Waals surface area contributed by atoms with Crippen LogP contribution in [0.1, 0.15) is 64.3 Å². The number of hydrogen-bond acceptors (Lipinski definition) is 4. The Bertz CT molecular complexity index is 905. The summed E-state index contributed by atoms with van der Waals surface area (Å²) in [7, 11) is -0.711. The summed E-state index contributed by atoms with van der Waals surface area (Å²) in [6.07, 6.45) is 0.341. The highest BCUT2D eigenvalue weighted by Gasteiger charge is 2.45. The van der Waals surface area contributed by atoms with Crippen LogP contribution in [0.5, 0.6) is 0 Å². The van der Waals surface area contributed by atoms with E-state index in [1.165, 1.54) is 7.11 Å². The van der Waals surface area contributed by atoms with E-state index in [-0.39, 0.29) is 30.8 Å². The Morgan fingerprint density at radius 2 is 1.29 bits per heavy atom. The van der Waals surface area contributed by atoms with Crippen molar-refractivity contribution in [3.63, 3.8) is 0 Å². The number of rotatable bonds is 12. The Labute approximate surface area is 206 Å². The number of amides is 1. The summed E-state index contributed by atoms with van der Waals surface area (Å²) in [6.45, 7) is 14.0. The lowest BCUT2D eigenvalue weighted by Gasteiger charge is -2.43.